The van der Waals surface area contributed by atoms with Crippen LogP contribution in [0.3, 0.4) is 0 Å². The predicted octanol–water partition coefficient (Wildman–Crippen LogP) is 6.24. The Labute approximate surface area is 237 Å². The molecule has 40 heavy (non-hydrogen) atoms. The molecule has 0 aliphatic heterocycles. The number of halogens is 6. The first-order chi connectivity index (χ1) is 18.6. The molecule has 224 valence electrons. The maximum atomic E-state index is 13.4. The minimum Gasteiger partial charge on any atom is -0.416 e. The standard InChI is InChI=1S/C25H32ClF5N4O2.O2S/c1-5-35-20(18(26)19(34-35)21(36)32-13-15-8-6-14(2)7-9-15)17-11-10-16(33-22(17)37-23(27)28)12-24(3,4)25(29,30)31;1-3-2/h10-11,14-15,23H,5-9,12-13H2,1-4H3,(H,32,36);. The number of pyridine rings is 1. The molecule has 1 N–H and O–H groups in total. The summed E-state index contributed by atoms with van der Waals surface area (Å²) >= 11 is 5.78. The lowest BCUT2D eigenvalue weighted by Gasteiger charge is -2.27. The number of aryl methyl sites for hydroxylation is 1. The number of hydrogen-bond acceptors (Lipinski definition) is 6. The van der Waals surface area contributed by atoms with Crippen molar-refractivity contribution in [2.45, 2.75) is 79.1 Å². The van der Waals surface area contributed by atoms with E-state index in [1.54, 1.807) is 6.92 Å². The molecule has 1 aliphatic rings. The summed E-state index contributed by atoms with van der Waals surface area (Å²) in [7, 11) is 0. The maximum absolute atomic E-state index is 13.4. The first kappa shape index (κ1) is 33.6. The molecule has 0 aromatic carbocycles. The second-order valence-electron chi connectivity index (χ2n) is 10.3. The highest BCUT2D eigenvalue weighted by atomic mass is 35.5. The number of amides is 1. The fourth-order valence-corrected chi connectivity index (χ4v) is 4.73. The molecule has 0 bridgehead atoms. The molecule has 0 saturated heterocycles. The van der Waals surface area contributed by atoms with Crippen LogP contribution in [0.5, 0.6) is 5.88 Å². The molecule has 1 amide bonds. The van der Waals surface area contributed by atoms with Crippen molar-refractivity contribution >= 4 is 29.1 Å². The second kappa shape index (κ2) is 14.3. The number of carbonyl (C=O) groups excluding carboxylic acids is 1. The van der Waals surface area contributed by atoms with Gasteiger partial charge in [0.2, 0.25) is 5.88 Å². The van der Waals surface area contributed by atoms with Crippen molar-refractivity contribution in [2.75, 3.05) is 6.54 Å². The molecule has 2 aromatic heterocycles. The Morgan fingerprint density at radius 2 is 1.80 bits per heavy atom. The zero-order valence-corrected chi connectivity index (χ0v) is 24.1. The van der Waals surface area contributed by atoms with E-state index in [1.165, 1.54) is 16.8 Å². The number of ether oxygens (including phenoxy) is 1. The average molecular weight is 615 g/mol. The van der Waals surface area contributed by atoms with Crippen LogP contribution in [0.4, 0.5) is 22.0 Å². The summed E-state index contributed by atoms with van der Waals surface area (Å²) in [6.07, 6.45) is -0.843. The molecule has 0 atom stereocenters. The third kappa shape index (κ3) is 8.69. The minimum absolute atomic E-state index is 0.00599. The van der Waals surface area contributed by atoms with Crippen LogP contribution in [0, 0.1) is 17.3 Å². The molecule has 0 radical (unpaired) electrons. The van der Waals surface area contributed by atoms with E-state index in [-0.39, 0.29) is 34.2 Å². The van der Waals surface area contributed by atoms with Crippen LogP contribution in [0.2, 0.25) is 5.02 Å². The molecule has 0 spiro atoms. The molecule has 3 rings (SSSR count). The molecule has 2 heterocycles. The highest BCUT2D eigenvalue weighted by molar-refractivity contribution is 7.51. The molecule has 0 unspecified atom stereocenters. The highest BCUT2D eigenvalue weighted by Gasteiger charge is 2.47. The van der Waals surface area contributed by atoms with Gasteiger partial charge in [0, 0.05) is 25.2 Å². The first-order valence-electron chi connectivity index (χ1n) is 12.6. The van der Waals surface area contributed by atoms with E-state index in [0.29, 0.717) is 18.4 Å². The van der Waals surface area contributed by atoms with Crippen LogP contribution in [0.1, 0.15) is 69.6 Å². The molecule has 2 aromatic rings. The van der Waals surface area contributed by atoms with Gasteiger partial charge in [-0.3, -0.25) is 9.48 Å². The van der Waals surface area contributed by atoms with Gasteiger partial charge in [0.1, 0.15) is 0 Å². The van der Waals surface area contributed by atoms with E-state index in [0.717, 1.165) is 39.5 Å². The van der Waals surface area contributed by atoms with Crippen molar-refractivity contribution < 1.29 is 39.9 Å². The molecular weight excluding hydrogens is 583 g/mol. The third-order valence-electron chi connectivity index (χ3n) is 6.86. The van der Waals surface area contributed by atoms with E-state index in [2.05, 4.69) is 27.1 Å². The summed E-state index contributed by atoms with van der Waals surface area (Å²) in [5.41, 5.74) is -2.19. The van der Waals surface area contributed by atoms with E-state index in [9.17, 15) is 26.7 Å². The average Bonchev–Trinajstić information content (AvgIpc) is 3.19. The van der Waals surface area contributed by atoms with Gasteiger partial charge in [-0.1, -0.05) is 45.2 Å². The molecule has 1 saturated carbocycles. The number of nitrogens with one attached hydrogen (secondary N) is 1. The van der Waals surface area contributed by atoms with Crippen molar-refractivity contribution in [1.82, 2.24) is 20.1 Å². The Hall–Kier alpha value is -2.61. The van der Waals surface area contributed by atoms with Crippen LogP contribution in [-0.2, 0) is 24.5 Å². The predicted molar refractivity (Wildman–Crippen MR) is 139 cm³/mol. The van der Waals surface area contributed by atoms with Crippen molar-refractivity contribution in [3.05, 3.63) is 28.5 Å². The van der Waals surface area contributed by atoms with Crippen molar-refractivity contribution in [3.8, 4) is 17.1 Å². The van der Waals surface area contributed by atoms with Gasteiger partial charge in [-0.25, -0.2) is 4.98 Å². The Morgan fingerprint density at radius 1 is 1.20 bits per heavy atom. The second-order valence-corrected chi connectivity index (χ2v) is 10.8. The fourth-order valence-electron chi connectivity index (χ4n) is 4.41. The van der Waals surface area contributed by atoms with Gasteiger partial charge in [0.25, 0.3) is 5.91 Å². The maximum Gasteiger partial charge on any atom is 0.394 e. The zero-order chi connectivity index (χ0) is 30.3. The number of rotatable bonds is 9. The van der Waals surface area contributed by atoms with Gasteiger partial charge >= 0.3 is 24.4 Å². The van der Waals surface area contributed by atoms with Gasteiger partial charge < -0.3 is 10.1 Å². The van der Waals surface area contributed by atoms with E-state index in [1.807, 2.05) is 0 Å². The lowest BCUT2D eigenvalue weighted by Crippen LogP contribution is -2.34. The Balaban J connectivity index is 0.00000178. The third-order valence-corrected chi connectivity index (χ3v) is 7.22. The van der Waals surface area contributed by atoms with E-state index >= 15 is 0 Å². The quantitative estimate of drug-likeness (QED) is 0.336. The summed E-state index contributed by atoms with van der Waals surface area (Å²) in [6.45, 7) is 3.35. The van der Waals surface area contributed by atoms with E-state index < -0.39 is 48.0 Å². The van der Waals surface area contributed by atoms with Crippen LogP contribution in [0.25, 0.3) is 11.3 Å². The number of hydrogen-bond donors (Lipinski definition) is 1. The van der Waals surface area contributed by atoms with Crippen LogP contribution in [-0.4, -0.2) is 48.4 Å². The molecular formula is C25H32ClF5N4O4S. The number of nitrogens with zero attached hydrogens (tertiary/aromatic N) is 3. The van der Waals surface area contributed by atoms with Crippen molar-refractivity contribution in [3.63, 3.8) is 0 Å². The van der Waals surface area contributed by atoms with Crippen LogP contribution < -0.4 is 10.1 Å². The molecule has 8 nitrogen and oxygen atoms in total. The normalized spacial score (nSPS) is 17.7. The number of aromatic nitrogens is 3. The van der Waals surface area contributed by atoms with Crippen LogP contribution >= 0.6 is 11.6 Å². The van der Waals surface area contributed by atoms with Gasteiger partial charge in [0.15, 0.2) is 5.69 Å². The SMILES string of the molecule is CCn1nc(C(=O)NCC2CCC(C)CC2)c(Cl)c1-c1ccc(CC(C)(C)C(F)(F)F)nc1OC(F)F.O=S=O. The summed E-state index contributed by atoms with van der Waals surface area (Å²) in [5, 5.41) is 7.05. The van der Waals surface area contributed by atoms with Gasteiger partial charge in [-0.05, 0) is 43.7 Å². The largest absolute Gasteiger partial charge is 0.416 e. The molecule has 1 fully saturated rings. The monoisotopic (exact) mass is 614 g/mol. The summed E-state index contributed by atoms with van der Waals surface area (Å²) in [6, 6.07) is 2.61. The van der Waals surface area contributed by atoms with Crippen molar-refractivity contribution in [1.29, 1.82) is 0 Å². The lowest BCUT2D eigenvalue weighted by molar-refractivity contribution is -0.211. The zero-order valence-electron chi connectivity index (χ0n) is 22.5. The molecule has 1 aliphatic carbocycles. The minimum atomic E-state index is -4.53. The first-order valence-corrected chi connectivity index (χ1v) is 13.7. The number of alkyl halides is 5. The summed E-state index contributed by atoms with van der Waals surface area (Å²) in [4.78, 5) is 16.9. The van der Waals surface area contributed by atoms with Crippen molar-refractivity contribution in [2.24, 2.45) is 17.3 Å². The number of carbonyl (C=O) groups is 1. The Bertz CT molecular complexity index is 1190. The van der Waals surface area contributed by atoms with Crippen LogP contribution in [0.15, 0.2) is 12.1 Å². The smallest absolute Gasteiger partial charge is 0.394 e. The summed E-state index contributed by atoms with van der Waals surface area (Å²) < 4.78 is 89.0. The van der Waals surface area contributed by atoms with Gasteiger partial charge in [-0.15, -0.1) is 0 Å². The lowest BCUT2D eigenvalue weighted by atomic mass is 9.83. The highest BCUT2D eigenvalue weighted by Crippen LogP contribution is 2.42. The fraction of sp³-hybridized carbons (Fsp3) is 0.640. The van der Waals surface area contributed by atoms with Gasteiger partial charge in [0.05, 0.1) is 21.7 Å². The topological polar surface area (TPSA) is 103 Å². The Morgan fingerprint density at radius 3 is 2.33 bits per heavy atom. The van der Waals surface area contributed by atoms with Gasteiger partial charge in [-0.2, -0.15) is 35.5 Å². The molecule has 15 heteroatoms. The van der Waals surface area contributed by atoms with E-state index in [4.69, 9.17) is 20.0 Å². The Kier molecular flexibility index (Phi) is 12.0. The summed E-state index contributed by atoms with van der Waals surface area (Å²) in [5.74, 6) is -0.0565.